The predicted molar refractivity (Wildman–Crippen MR) is 228 cm³/mol. The second-order valence-corrected chi connectivity index (χ2v) is 19.9. The van der Waals surface area contributed by atoms with Crippen molar-refractivity contribution < 1.29 is 0 Å². The largest absolute Gasteiger partial charge is 0.0760 e. The van der Waals surface area contributed by atoms with E-state index in [9.17, 15) is 0 Å². The lowest BCUT2D eigenvalue weighted by molar-refractivity contribution is 0.586. The molecule has 0 nitrogen and oxygen atoms in total. The monoisotopic (exact) mass is 680 g/mol. The van der Waals surface area contributed by atoms with Gasteiger partial charge in [0.05, 0.1) is 0 Å². The SMILES string of the molecule is CC(C)(C)c1ccc2c(C3=CC=C4c5ccc(-c6c(C(C)(C)C)ccc7cc(C(C)(C)C)ccc67)cc5C5=CC=CC3C45)c(C(C)(C)C)ccc2c1. The van der Waals surface area contributed by atoms with Crippen LogP contribution < -0.4 is 0 Å². The highest BCUT2D eigenvalue weighted by atomic mass is 14.4. The van der Waals surface area contributed by atoms with Crippen molar-refractivity contribution in [2.75, 3.05) is 0 Å². The van der Waals surface area contributed by atoms with Gasteiger partial charge >= 0.3 is 0 Å². The van der Waals surface area contributed by atoms with Crippen molar-refractivity contribution in [2.24, 2.45) is 11.8 Å². The predicted octanol–water partition coefficient (Wildman–Crippen LogP) is 14.5. The van der Waals surface area contributed by atoms with Gasteiger partial charge in [-0.25, -0.2) is 0 Å². The third-order valence-electron chi connectivity index (χ3n) is 12.0. The van der Waals surface area contributed by atoms with Gasteiger partial charge in [-0.2, -0.15) is 0 Å². The number of benzene rings is 5. The van der Waals surface area contributed by atoms with Crippen LogP contribution in [0.25, 0.3) is 49.4 Å². The Morgan fingerprint density at radius 1 is 0.423 bits per heavy atom. The van der Waals surface area contributed by atoms with Gasteiger partial charge in [-0.05, 0) is 116 Å². The third-order valence-corrected chi connectivity index (χ3v) is 12.0. The molecule has 0 aromatic heterocycles. The maximum atomic E-state index is 2.52. The Bertz CT molecular complexity index is 2420. The molecule has 2 atom stereocenters. The number of hydrogen-bond donors (Lipinski definition) is 0. The van der Waals surface area contributed by atoms with Crippen molar-refractivity contribution in [2.45, 2.75) is 105 Å². The maximum absolute atomic E-state index is 2.52. The minimum Gasteiger partial charge on any atom is -0.0760 e. The fourth-order valence-electron chi connectivity index (χ4n) is 9.15. The molecule has 52 heavy (non-hydrogen) atoms. The molecule has 0 heteroatoms. The molecule has 0 saturated carbocycles. The minimum absolute atomic E-state index is 0.00930. The van der Waals surface area contributed by atoms with Crippen molar-refractivity contribution in [1.29, 1.82) is 0 Å². The van der Waals surface area contributed by atoms with E-state index in [1.165, 1.54) is 88.3 Å². The van der Waals surface area contributed by atoms with Gasteiger partial charge in [0.1, 0.15) is 0 Å². The highest BCUT2D eigenvalue weighted by molar-refractivity contribution is 6.06. The average molecular weight is 681 g/mol. The molecule has 0 saturated heterocycles. The lowest BCUT2D eigenvalue weighted by Crippen LogP contribution is -2.22. The molecule has 0 spiro atoms. The summed E-state index contributed by atoms with van der Waals surface area (Å²) in [6, 6.07) is 31.2. The van der Waals surface area contributed by atoms with Crippen LogP contribution in [0.5, 0.6) is 0 Å². The molecule has 264 valence electrons. The molecule has 5 aromatic carbocycles. The zero-order valence-corrected chi connectivity index (χ0v) is 33.5. The summed E-state index contributed by atoms with van der Waals surface area (Å²) in [5.74, 6) is 0.597. The highest BCUT2D eigenvalue weighted by Gasteiger charge is 2.42. The third kappa shape index (κ3) is 5.57. The van der Waals surface area contributed by atoms with Crippen LogP contribution in [0.4, 0.5) is 0 Å². The van der Waals surface area contributed by atoms with Crippen LogP contribution in [-0.4, -0.2) is 0 Å². The molecule has 5 aromatic rings. The summed E-state index contributed by atoms with van der Waals surface area (Å²) < 4.78 is 0. The van der Waals surface area contributed by atoms with E-state index < -0.39 is 0 Å². The molecule has 2 unspecified atom stereocenters. The summed E-state index contributed by atoms with van der Waals surface area (Å²) in [6.07, 6.45) is 12.1. The fraction of sp³-hybridized carbons (Fsp3) is 0.346. The van der Waals surface area contributed by atoms with Crippen LogP contribution in [0.2, 0.25) is 0 Å². The Labute approximate surface area is 313 Å². The van der Waals surface area contributed by atoms with E-state index in [0.717, 1.165) is 0 Å². The molecule has 3 aliphatic rings. The highest BCUT2D eigenvalue weighted by Crippen LogP contribution is 2.58. The van der Waals surface area contributed by atoms with Crippen molar-refractivity contribution in [3.63, 3.8) is 0 Å². The molecule has 3 aliphatic carbocycles. The first kappa shape index (κ1) is 34.7. The summed E-state index contributed by atoms with van der Waals surface area (Å²) in [7, 11) is 0. The quantitative estimate of drug-likeness (QED) is 0.174. The summed E-state index contributed by atoms with van der Waals surface area (Å²) in [5.41, 5.74) is 17.1. The maximum Gasteiger partial charge on any atom is 0.0205 e. The first-order valence-electron chi connectivity index (χ1n) is 19.4. The van der Waals surface area contributed by atoms with E-state index in [2.05, 4.69) is 192 Å². The second-order valence-electron chi connectivity index (χ2n) is 19.9. The van der Waals surface area contributed by atoms with Gasteiger partial charge in [-0.15, -0.1) is 0 Å². The van der Waals surface area contributed by atoms with E-state index in [-0.39, 0.29) is 27.6 Å². The molecule has 0 heterocycles. The Kier molecular flexibility index (Phi) is 7.69. The van der Waals surface area contributed by atoms with E-state index in [0.29, 0.717) is 5.92 Å². The van der Waals surface area contributed by atoms with Crippen molar-refractivity contribution in [3.8, 4) is 11.1 Å². The Hall–Kier alpha value is -4.42. The van der Waals surface area contributed by atoms with Gasteiger partial charge in [0.2, 0.25) is 0 Å². The number of hydrogen-bond acceptors (Lipinski definition) is 0. The van der Waals surface area contributed by atoms with Gasteiger partial charge in [0.25, 0.3) is 0 Å². The van der Waals surface area contributed by atoms with E-state index in [1.807, 2.05) is 0 Å². The van der Waals surface area contributed by atoms with Crippen LogP contribution in [0.3, 0.4) is 0 Å². The number of allylic oxidation sites excluding steroid dienone is 8. The standard InChI is InChI=1S/C52H56/c1-49(2,3)34-19-22-36-31(28-34)17-26-44(51(7,8)9)46(36)33-16-21-38-41-24-25-42(39-14-13-15-40(47(39)41)43(38)30-33)48-37-23-20-35(50(4,5)6)29-32(37)18-27-45(48)52(10,11)12/h13-30,39,47H,1-12H3. The molecule has 0 radical (unpaired) electrons. The Morgan fingerprint density at radius 2 is 0.942 bits per heavy atom. The average Bonchev–Trinajstić information content (AvgIpc) is 3.39. The van der Waals surface area contributed by atoms with Crippen molar-refractivity contribution >= 4 is 38.3 Å². The summed E-state index contributed by atoms with van der Waals surface area (Å²) in [4.78, 5) is 0. The fourth-order valence-corrected chi connectivity index (χ4v) is 9.15. The zero-order chi connectivity index (χ0) is 37.1. The summed E-state index contributed by atoms with van der Waals surface area (Å²) in [5, 5.41) is 5.36. The number of rotatable bonds is 2. The van der Waals surface area contributed by atoms with E-state index in [4.69, 9.17) is 0 Å². The zero-order valence-electron chi connectivity index (χ0n) is 33.5. The van der Waals surface area contributed by atoms with Gasteiger partial charge < -0.3 is 0 Å². The molecule has 0 fully saturated rings. The lowest BCUT2D eigenvalue weighted by atomic mass is 9.68. The van der Waals surface area contributed by atoms with Gasteiger partial charge in [0.15, 0.2) is 0 Å². The normalized spacial score (nSPS) is 18.7. The van der Waals surface area contributed by atoms with E-state index >= 15 is 0 Å². The van der Waals surface area contributed by atoms with Gasteiger partial charge in [-0.1, -0.05) is 186 Å². The van der Waals surface area contributed by atoms with Crippen LogP contribution in [0, 0.1) is 11.8 Å². The van der Waals surface area contributed by atoms with Gasteiger partial charge in [-0.3, -0.25) is 0 Å². The molecular weight excluding hydrogens is 625 g/mol. The van der Waals surface area contributed by atoms with Crippen LogP contribution in [0.15, 0.2) is 109 Å². The molecule has 0 amide bonds. The molecular formula is C52H56. The van der Waals surface area contributed by atoms with Crippen LogP contribution in [0.1, 0.15) is 122 Å². The Balaban J connectivity index is 1.29. The van der Waals surface area contributed by atoms with Crippen LogP contribution >= 0.6 is 0 Å². The molecule has 0 bridgehead atoms. The first-order valence-corrected chi connectivity index (χ1v) is 19.4. The van der Waals surface area contributed by atoms with Crippen molar-refractivity contribution in [3.05, 3.63) is 148 Å². The summed E-state index contributed by atoms with van der Waals surface area (Å²) >= 11 is 0. The minimum atomic E-state index is 0.00930. The second kappa shape index (κ2) is 11.5. The smallest absolute Gasteiger partial charge is 0.0205 e. The summed E-state index contributed by atoms with van der Waals surface area (Å²) in [6.45, 7) is 28.0. The number of fused-ring (bicyclic) bond motifs is 5. The molecule has 8 rings (SSSR count). The van der Waals surface area contributed by atoms with Crippen molar-refractivity contribution in [1.82, 2.24) is 0 Å². The molecule has 0 aliphatic heterocycles. The first-order chi connectivity index (χ1) is 24.3. The lowest BCUT2D eigenvalue weighted by Gasteiger charge is -2.35. The van der Waals surface area contributed by atoms with Gasteiger partial charge in [0, 0.05) is 11.8 Å². The Morgan fingerprint density at radius 3 is 1.50 bits per heavy atom. The topological polar surface area (TPSA) is 0 Å². The molecule has 0 N–H and O–H groups in total. The van der Waals surface area contributed by atoms with Crippen LogP contribution in [-0.2, 0) is 21.7 Å². The van der Waals surface area contributed by atoms with E-state index in [1.54, 1.807) is 0 Å².